The van der Waals surface area contributed by atoms with Gasteiger partial charge in [-0.15, -0.1) is 0 Å². The van der Waals surface area contributed by atoms with E-state index in [-0.39, 0.29) is 5.91 Å². The summed E-state index contributed by atoms with van der Waals surface area (Å²) in [7, 11) is 0. The largest absolute Gasteiger partial charge is 0.277 e. The van der Waals surface area contributed by atoms with Crippen LogP contribution in [0.2, 0.25) is 0 Å². The molecule has 0 aromatic heterocycles. The predicted molar refractivity (Wildman–Crippen MR) is 109 cm³/mol. The molecule has 0 N–H and O–H groups in total. The lowest BCUT2D eigenvalue weighted by molar-refractivity contribution is -0.114. The summed E-state index contributed by atoms with van der Waals surface area (Å²) in [6.07, 6.45) is 16.9. The maximum absolute atomic E-state index is 13.2. The number of hydrogen-bond acceptors (Lipinski definition) is 1. The second-order valence-electron chi connectivity index (χ2n) is 4.85. The van der Waals surface area contributed by atoms with E-state index in [4.69, 9.17) is 0 Å². The van der Waals surface area contributed by atoms with Crippen LogP contribution < -0.4 is 4.90 Å². The van der Waals surface area contributed by atoms with Gasteiger partial charge in [0, 0.05) is 17.0 Å². The summed E-state index contributed by atoms with van der Waals surface area (Å²) < 4.78 is 0. The topological polar surface area (TPSA) is 20.3 Å². The highest BCUT2D eigenvalue weighted by atomic mass is 16.2. The zero-order valence-electron chi connectivity index (χ0n) is 14.3. The fraction of sp³-hybridized carbons (Fsp3) is 0. The minimum absolute atomic E-state index is 0.189. The first-order valence-electron chi connectivity index (χ1n) is 7.82. The van der Waals surface area contributed by atoms with E-state index >= 15 is 0 Å². The maximum atomic E-state index is 13.2. The molecule has 0 heterocycles. The molecule has 0 unspecified atom stereocenters. The summed E-state index contributed by atoms with van der Waals surface area (Å²) in [6, 6.07) is 9.42. The van der Waals surface area contributed by atoms with Gasteiger partial charge in [0.05, 0.1) is 0 Å². The van der Waals surface area contributed by atoms with Crippen LogP contribution in [-0.2, 0) is 4.79 Å². The number of nitrogens with zero attached hydrogens (tertiary/aromatic N) is 1. The molecule has 0 radical (unpaired) electrons. The number of amides is 1. The van der Waals surface area contributed by atoms with E-state index in [1.54, 1.807) is 59.6 Å². The van der Waals surface area contributed by atoms with E-state index in [1.807, 2.05) is 36.4 Å². The molecule has 0 saturated heterocycles. The fourth-order valence-electron chi connectivity index (χ4n) is 2.08. The van der Waals surface area contributed by atoms with Crippen molar-refractivity contribution in [3.8, 4) is 0 Å². The molecule has 0 atom stereocenters. The zero-order chi connectivity index (χ0) is 18.5. The number of carbonyl (C=O) groups is 1. The standard InChI is InChI=1S/C23H23NO/c1-5-9-16-20(14-7-3)23(25)24(22-18-12-11-13-19-22)21(15-8-4)17-10-6-2/h5-19H,1-4H2/b16-9-,17-10-,20-14+,21-15+. The van der Waals surface area contributed by atoms with Gasteiger partial charge in [0.15, 0.2) is 0 Å². The minimum Gasteiger partial charge on any atom is -0.277 e. The van der Waals surface area contributed by atoms with Crippen LogP contribution in [-0.4, -0.2) is 5.91 Å². The van der Waals surface area contributed by atoms with Gasteiger partial charge in [0.1, 0.15) is 0 Å². The summed E-state index contributed by atoms with van der Waals surface area (Å²) >= 11 is 0. The van der Waals surface area contributed by atoms with Crippen molar-refractivity contribution in [3.63, 3.8) is 0 Å². The number of para-hydroxylation sites is 1. The van der Waals surface area contributed by atoms with Crippen molar-refractivity contribution in [2.45, 2.75) is 0 Å². The molecule has 0 spiro atoms. The average molecular weight is 329 g/mol. The van der Waals surface area contributed by atoms with Crippen molar-refractivity contribution in [1.29, 1.82) is 0 Å². The molecule has 1 aromatic carbocycles. The third-order valence-corrected chi connectivity index (χ3v) is 3.12. The zero-order valence-corrected chi connectivity index (χ0v) is 14.3. The van der Waals surface area contributed by atoms with Crippen LogP contribution in [0.15, 0.2) is 129 Å². The highest BCUT2D eigenvalue weighted by Crippen LogP contribution is 2.23. The van der Waals surface area contributed by atoms with Crippen LogP contribution in [0.1, 0.15) is 0 Å². The van der Waals surface area contributed by atoms with Gasteiger partial charge in [-0.25, -0.2) is 0 Å². The third kappa shape index (κ3) is 5.96. The predicted octanol–water partition coefficient (Wildman–Crippen LogP) is 5.69. The summed E-state index contributed by atoms with van der Waals surface area (Å²) in [5, 5.41) is 0. The number of carbonyl (C=O) groups excluding carboxylic acids is 1. The third-order valence-electron chi connectivity index (χ3n) is 3.12. The first-order valence-corrected chi connectivity index (χ1v) is 7.82. The molecule has 1 amide bonds. The summed E-state index contributed by atoms with van der Waals surface area (Å²) in [5.41, 5.74) is 1.91. The van der Waals surface area contributed by atoms with E-state index in [2.05, 4.69) is 26.3 Å². The first kappa shape index (κ1) is 19.7. The Labute approximate surface area is 150 Å². The maximum Gasteiger partial charge on any atom is 0.262 e. The van der Waals surface area contributed by atoms with Gasteiger partial charge in [-0.05, 0) is 30.4 Å². The van der Waals surface area contributed by atoms with Gasteiger partial charge in [-0.3, -0.25) is 9.69 Å². The van der Waals surface area contributed by atoms with Crippen molar-refractivity contribution in [2.24, 2.45) is 0 Å². The van der Waals surface area contributed by atoms with E-state index in [1.165, 1.54) is 0 Å². The molecule has 1 aromatic rings. The van der Waals surface area contributed by atoms with Crippen LogP contribution in [0, 0.1) is 0 Å². The van der Waals surface area contributed by atoms with Crippen molar-refractivity contribution in [2.75, 3.05) is 4.90 Å². The SMILES string of the molecule is C=C/C=C\C(=C/C=C)C(=O)N(C(/C=C\C=C)=C/C=C)c1ccccc1. The Morgan fingerprint density at radius 2 is 1.40 bits per heavy atom. The number of rotatable bonds is 9. The Balaban J connectivity index is 3.51. The lowest BCUT2D eigenvalue weighted by Crippen LogP contribution is -2.30. The Bertz CT molecular complexity index is 746. The molecule has 0 bridgehead atoms. The highest BCUT2D eigenvalue weighted by molar-refractivity contribution is 6.10. The van der Waals surface area contributed by atoms with E-state index in [9.17, 15) is 4.79 Å². The van der Waals surface area contributed by atoms with Crippen LogP contribution in [0.25, 0.3) is 0 Å². The second kappa shape index (κ2) is 11.2. The molecule has 0 aliphatic rings. The summed E-state index contributed by atoms with van der Waals surface area (Å²) in [4.78, 5) is 14.8. The molecule has 0 aliphatic heterocycles. The quantitative estimate of drug-likeness (QED) is 0.421. The van der Waals surface area contributed by atoms with Crippen LogP contribution >= 0.6 is 0 Å². The molecule has 126 valence electrons. The molecule has 2 heteroatoms. The van der Waals surface area contributed by atoms with Gasteiger partial charge < -0.3 is 0 Å². The Morgan fingerprint density at radius 1 is 0.800 bits per heavy atom. The lowest BCUT2D eigenvalue weighted by Gasteiger charge is -2.24. The molecule has 2 nitrogen and oxygen atoms in total. The van der Waals surface area contributed by atoms with Crippen molar-refractivity contribution >= 4 is 11.6 Å². The van der Waals surface area contributed by atoms with Crippen LogP contribution in [0.4, 0.5) is 5.69 Å². The minimum atomic E-state index is -0.189. The second-order valence-corrected chi connectivity index (χ2v) is 4.85. The van der Waals surface area contributed by atoms with Crippen molar-refractivity contribution in [1.82, 2.24) is 0 Å². The summed E-state index contributed by atoms with van der Waals surface area (Å²) in [5.74, 6) is -0.189. The number of anilines is 1. The average Bonchev–Trinajstić information content (AvgIpc) is 2.64. The molecular weight excluding hydrogens is 306 g/mol. The molecule has 0 saturated carbocycles. The van der Waals surface area contributed by atoms with Gasteiger partial charge in [-0.1, -0.05) is 87.0 Å². The van der Waals surface area contributed by atoms with Crippen molar-refractivity contribution < 1.29 is 4.79 Å². The summed E-state index contributed by atoms with van der Waals surface area (Å²) in [6.45, 7) is 14.8. The molecular formula is C23H23NO. The van der Waals surface area contributed by atoms with Gasteiger partial charge in [0.2, 0.25) is 0 Å². The lowest BCUT2D eigenvalue weighted by atomic mass is 10.1. The van der Waals surface area contributed by atoms with Crippen LogP contribution in [0.5, 0.6) is 0 Å². The first-order chi connectivity index (χ1) is 12.2. The monoisotopic (exact) mass is 329 g/mol. The molecule has 25 heavy (non-hydrogen) atoms. The smallest absolute Gasteiger partial charge is 0.262 e. The van der Waals surface area contributed by atoms with E-state index in [0.717, 1.165) is 5.69 Å². The number of allylic oxidation sites excluding steroid dienone is 9. The Hall–Kier alpha value is -3.39. The fourth-order valence-corrected chi connectivity index (χ4v) is 2.08. The normalized spacial score (nSPS) is 12.2. The molecule has 0 aliphatic carbocycles. The number of hydrogen-bond donors (Lipinski definition) is 0. The van der Waals surface area contributed by atoms with E-state index in [0.29, 0.717) is 11.3 Å². The van der Waals surface area contributed by atoms with E-state index < -0.39 is 0 Å². The van der Waals surface area contributed by atoms with Gasteiger partial charge in [-0.2, -0.15) is 0 Å². The Morgan fingerprint density at radius 3 is 1.96 bits per heavy atom. The van der Waals surface area contributed by atoms with Crippen molar-refractivity contribution in [3.05, 3.63) is 129 Å². The number of benzene rings is 1. The van der Waals surface area contributed by atoms with Crippen LogP contribution in [0.3, 0.4) is 0 Å². The molecule has 1 rings (SSSR count). The van der Waals surface area contributed by atoms with Gasteiger partial charge in [0.25, 0.3) is 5.91 Å². The molecule has 0 fully saturated rings. The highest BCUT2D eigenvalue weighted by Gasteiger charge is 2.20. The Kier molecular flexibility index (Phi) is 8.80. The van der Waals surface area contributed by atoms with Gasteiger partial charge >= 0.3 is 0 Å².